The zero-order chi connectivity index (χ0) is 12.3. The maximum Gasteiger partial charge on any atom is 0.134 e. The van der Waals surface area contributed by atoms with Gasteiger partial charge in [0.1, 0.15) is 5.78 Å². The number of benzene rings is 1. The second-order valence-corrected chi connectivity index (χ2v) is 5.42. The molecule has 0 radical (unpaired) electrons. The molecule has 0 spiro atoms. The molecule has 1 nitrogen and oxygen atoms in total. The van der Waals surface area contributed by atoms with Crippen molar-refractivity contribution in [3.05, 3.63) is 35.9 Å². The number of rotatable bonds is 0. The molecule has 1 saturated carbocycles. The van der Waals surface area contributed by atoms with Crippen LogP contribution in [0.2, 0.25) is 0 Å². The molecule has 0 heterocycles. The maximum absolute atomic E-state index is 11.5. The Hall–Kier alpha value is -1.55. The largest absolute Gasteiger partial charge is 0.300 e. The van der Waals surface area contributed by atoms with Crippen molar-refractivity contribution in [2.45, 2.75) is 33.1 Å². The summed E-state index contributed by atoms with van der Waals surface area (Å²) in [6.07, 6.45) is 2.29. The summed E-state index contributed by atoms with van der Waals surface area (Å²) >= 11 is 0. The summed E-state index contributed by atoms with van der Waals surface area (Å²) in [7, 11) is 0. The Kier molecular flexibility index (Phi) is 3.33. The number of hydrogen-bond donors (Lipinski definition) is 0. The Bertz CT molecular complexity index is 459. The van der Waals surface area contributed by atoms with Crippen LogP contribution < -0.4 is 0 Å². The Morgan fingerprint density at radius 1 is 1.24 bits per heavy atom. The molecule has 1 aromatic rings. The highest BCUT2D eigenvalue weighted by Gasteiger charge is 2.34. The van der Waals surface area contributed by atoms with Crippen LogP contribution in [-0.4, -0.2) is 5.78 Å². The molecular weight excluding hydrogens is 208 g/mol. The van der Waals surface area contributed by atoms with E-state index in [1.165, 1.54) is 0 Å². The van der Waals surface area contributed by atoms with Gasteiger partial charge in [-0.2, -0.15) is 0 Å². The van der Waals surface area contributed by atoms with Crippen LogP contribution in [0.3, 0.4) is 0 Å². The van der Waals surface area contributed by atoms with Crippen molar-refractivity contribution in [2.24, 2.45) is 11.3 Å². The van der Waals surface area contributed by atoms with Crippen molar-refractivity contribution in [3.8, 4) is 11.8 Å². The van der Waals surface area contributed by atoms with E-state index in [1.807, 2.05) is 30.3 Å². The normalized spacial score (nSPS) is 22.7. The maximum atomic E-state index is 11.5. The van der Waals surface area contributed by atoms with Gasteiger partial charge in [-0.1, -0.05) is 43.9 Å². The first kappa shape index (κ1) is 11.9. The van der Waals surface area contributed by atoms with Crippen LogP contribution in [0.25, 0.3) is 0 Å². The molecule has 0 N–H and O–H groups in total. The van der Waals surface area contributed by atoms with Crippen LogP contribution in [0.5, 0.6) is 0 Å². The molecule has 88 valence electrons. The summed E-state index contributed by atoms with van der Waals surface area (Å²) in [4.78, 5) is 11.5. The van der Waals surface area contributed by atoms with Gasteiger partial charge in [-0.3, -0.25) is 4.79 Å². The SMILES string of the molecule is CC1(C)CCC(=O)C[C@H]1C#Cc1ccccc1. The minimum Gasteiger partial charge on any atom is -0.300 e. The second-order valence-electron chi connectivity index (χ2n) is 5.42. The summed E-state index contributed by atoms with van der Waals surface area (Å²) < 4.78 is 0. The third-order valence-corrected chi connectivity index (χ3v) is 3.59. The van der Waals surface area contributed by atoms with E-state index in [4.69, 9.17) is 0 Å². The van der Waals surface area contributed by atoms with Crippen LogP contribution in [0.15, 0.2) is 30.3 Å². The average molecular weight is 226 g/mol. The molecule has 2 rings (SSSR count). The molecule has 1 aliphatic carbocycles. The van der Waals surface area contributed by atoms with E-state index in [1.54, 1.807) is 0 Å². The minimum absolute atomic E-state index is 0.162. The van der Waals surface area contributed by atoms with E-state index in [2.05, 4.69) is 25.7 Å². The fraction of sp³-hybridized carbons (Fsp3) is 0.438. The van der Waals surface area contributed by atoms with Gasteiger partial charge in [-0.05, 0) is 24.0 Å². The molecule has 1 aromatic carbocycles. The van der Waals surface area contributed by atoms with Crippen molar-refractivity contribution >= 4 is 5.78 Å². The van der Waals surface area contributed by atoms with E-state index >= 15 is 0 Å². The number of carbonyl (C=O) groups excluding carboxylic acids is 1. The molecule has 17 heavy (non-hydrogen) atoms. The third kappa shape index (κ3) is 2.97. The van der Waals surface area contributed by atoms with Crippen molar-refractivity contribution in [2.75, 3.05) is 0 Å². The molecular formula is C16H18O. The first-order valence-electron chi connectivity index (χ1n) is 6.16. The molecule has 0 bridgehead atoms. The van der Waals surface area contributed by atoms with Crippen LogP contribution >= 0.6 is 0 Å². The molecule has 1 aliphatic rings. The fourth-order valence-electron chi connectivity index (χ4n) is 2.18. The average Bonchev–Trinajstić information content (AvgIpc) is 2.32. The summed E-state index contributed by atoms with van der Waals surface area (Å²) in [6.45, 7) is 4.42. The summed E-state index contributed by atoms with van der Waals surface area (Å²) in [5.74, 6) is 7.03. The smallest absolute Gasteiger partial charge is 0.134 e. The second kappa shape index (κ2) is 4.75. The fourth-order valence-corrected chi connectivity index (χ4v) is 2.18. The standard InChI is InChI=1S/C16H18O/c1-16(2)11-10-15(17)12-14(16)9-8-13-6-4-3-5-7-13/h3-7,14H,10-12H2,1-2H3/t14-/m1/s1. The lowest BCUT2D eigenvalue weighted by Crippen LogP contribution is -2.31. The van der Waals surface area contributed by atoms with Gasteiger partial charge < -0.3 is 0 Å². The first-order valence-corrected chi connectivity index (χ1v) is 6.16. The minimum atomic E-state index is 0.162. The third-order valence-electron chi connectivity index (χ3n) is 3.59. The van der Waals surface area contributed by atoms with Crippen molar-refractivity contribution in [1.82, 2.24) is 0 Å². The number of Topliss-reactive ketones (excluding diaryl/α,β-unsaturated/α-hetero) is 1. The Morgan fingerprint density at radius 2 is 1.94 bits per heavy atom. The lowest BCUT2D eigenvalue weighted by Gasteiger charge is -2.34. The highest BCUT2D eigenvalue weighted by Crippen LogP contribution is 2.38. The number of ketones is 1. The van der Waals surface area contributed by atoms with Gasteiger partial charge in [0.05, 0.1) is 0 Å². The van der Waals surface area contributed by atoms with Gasteiger partial charge in [0, 0.05) is 24.3 Å². The van der Waals surface area contributed by atoms with Crippen molar-refractivity contribution < 1.29 is 4.79 Å². The van der Waals surface area contributed by atoms with Gasteiger partial charge in [0.2, 0.25) is 0 Å². The predicted molar refractivity (Wildman–Crippen MR) is 69.4 cm³/mol. The van der Waals surface area contributed by atoms with Gasteiger partial charge in [-0.15, -0.1) is 0 Å². The van der Waals surface area contributed by atoms with E-state index in [9.17, 15) is 4.79 Å². The van der Waals surface area contributed by atoms with E-state index in [0.29, 0.717) is 12.2 Å². The first-order chi connectivity index (χ1) is 8.08. The molecule has 1 heteroatoms. The van der Waals surface area contributed by atoms with E-state index in [0.717, 1.165) is 18.4 Å². The van der Waals surface area contributed by atoms with Gasteiger partial charge in [0.25, 0.3) is 0 Å². The number of carbonyl (C=O) groups is 1. The monoisotopic (exact) mass is 226 g/mol. The highest BCUT2D eigenvalue weighted by molar-refractivity contribution is 5.80. The highest BCUT2D eigenvalue weighted by atomic mass is 16.1. The van der Waals surface area contributed by atoms with Gasteiger partial charge in [0.15, 0.2) is 0 Å². The zero-order valence-corrected chi connectivity index (χ0v) is 10.5. The van der Waals surface area contributed by atoms with Crippen molar-refractivity contribution in [3.63, 3.8) is 0 Å². The van der Waals surface area contributed by atoms with Crippen LogP contribution in [-0.2, 0) is 4.79 Å². The quantitative estimate of drug-likeness (QED) is 0.619. The lowest BCUT2D eigenvalue weighted by molar-refractivity contribution is -0.123. The van der Waals surface area contributed by atoms with Gasteiger partial charge >= 0.3 is 0 Å². The van der Waals surface area contributed by atoms with Crippen LogP contribution in [0, 0.1) is 23.2 Å². The van der Waals surface area contributed by atoms with Gasteiger partial charge in [-0.25, -0.2) is 0 Å². The van der Waals surface area contributed by atoms with Crippen molar-refractivity contribution in [1.29, 1.82) is 0 Å². The van der Waals surface area contributed by atoms with Crippen LogP contribution in [0.1, 0.15) is 38.7 Å². The molecule has 0 amide bonds. The van der Waals surface area contributed by atoms with E-state index in [-0.39, 0.29) is 11.3 Å². The van der Waals surface area contributed by atoms with Crippen LogP contribution in [0.4, 0.5) is 0 Å². The molecule has 0 aromatic heterocycles. The number of hydrogen-bond acceptors (Lipinski definition) is 1. The summed E-state index contributed by atoms with van der Waals surface area (Å²) in [5, 5.41) is 0. The molecule has 1 fully saturated rings. The molecule has 0 saturated heterocycles. The molecule has 1 atom stereocenters. The van der Waals surface area contributed by atoms with E-state index < -0.39 is 0 Å². The molecule has 0 aliphatic heterocycles. The summed E-state index contributed by atoms with van der Waals surface area (Å²) in [5.41, 5.74) is 1.19. The predicted octanol–water partition coefficient (Wildman–Crippen LogP) is 3.43. The topological polar surface area (TPSA) is 17.1 Å². The Balaban J connectivity index is 2.17. The lowest BCUT2D eigenvalue weighted by atomic mass is 9.69. The summed E-state index contributed by atoms with van der Waals surface area (Å²) in [6, 6.07) is 9.97. The Labute approximate surface area is 103 Å². The Morgan fingerprint density at radius 3 is 2.65 bits per heavy atom. The molecule has 0 unspecified atom stereocenters. The zero-order valence-electron chi connectivity index (χ0n) is 10.5.